The Bertz CT molecular complexity index is 71.1. The molecule has 0 bridgehead atoms. The summed E-state index contributed by atoms with van der Waals surface area (Å²) in [7, 11) is 0. The minimum atomic E-state index is 0.341. The van der Waals surface area contributed by atoms with Gasteiger partial charge < -0.3 is 5.11 Å². The van der Waals surface area contributed by atoms with E-state index in [1.165, 1.54) is 19.3 Å². The van der Waals surface area contributed by atoms with Crippen molar-refractivity contribution < 1.29 is 5.11 Å². The Labute approximate surface area is 64.5 Å². The zero-order valence-corrected chi connectivity index (χ0v) is 7.43. The van der Waals surface area contributed by atoms with Crippen LogP contribution in [0.25, 0.3) is 0 Å². The smallest absolute Gasteiger partial charge is 0.0456 e. The predicted molar refractivity (Wildman–Crippen MR) is 44.9 cm³/mol. The second kappa shape index (κ2) is 5.72. The lowest BCUT2D eigenvalue weighted by Crippen LogP contribution is -2.06. The van der Waals surface area contributed by atoms with Gasteiger partial charge in [-0.05, 0) is 18.3 Å². The van der Waals surface area contributed by atoms with Crippen LogP contribution in [0.5, 0.6) is 0 Å². The molecule has 0 aliphatic rings. The molecule has 62 valence electrons. The number of hydrogen-bond donors (Lipinski definition) is 1. The van der Waals surface area contributed by atoms with Gasteiger partial charge in [0.1, 0.15) is 0 Å². The molecule has 0 fully saturated rings. The normalized spacial score (nSPS) is 16.8. The van der Waals surface area contributed by atoms with E-state index < -0.39 is 0 Å². The summed E-state index contributed by atoms with van der Waals surface area (Å²) in [6, 6.07) is 0. The highest BCUT2D eigenvalue weighted by molar-refractivity contribution is 4.57. The predicted octanol–water partition coefficient (Wildman–Crippen LogP) is 2.44. The lowest BCUT2D eigenvalue weighted by molar-refractivity contribution is 0.213. The lowest BCUT2D eigenvalue weighted by atomic mass is 9.94. The molecular formula is C9H20O. The Morgan fingerprint density at radius 1 is 1.20 bits per heavy atom. The third-order valence-electron chi connectivity index (χ3n) is 1.90. The molecule has 0 radical (unpaired) electrons. The van der Waals surface area contributed by atoms with Crippen LogP contribution in [-0.2, 0) is 0 Å². The first-order chi connectivity index (χ1) is 4.70. The zero-order valence-electron chi connectivity index (χ0n) is 7.43. The Hall–Kier alpha value is -0.0400. The summed E-state index contributed by atoms with van der Waals surface area (Å²) in [6.45, 7) is 6.91. The molecule has 0 spiro atoms. The van der Waals surface area contributed by atoms with E-state index in [2.05, 4.69) is 20.8 Å². The Morgan fingerprint density at radius 3 is 2.20 bits per heavy atom. The van der Waals surface area contributed by atoms with Crippen molar-refractivity contribution in [1.29, 1.82) is 0 Å². The molecule has 1 nitrogen and oxygen atoms in total. The molecule has 1 N–H and O–H groups in total. The van der Waals surface area contributed by atoms with Crippen molar-refractivity contribution >= 4 is 0 Å². The maximum atomic E-state index is 8.75. The van der Waals surface area contributed by atoms with Crippen LogP contribution >= 0.6 is 0 Å². The van der Waals surface area contributed by atoms with Gasteiger partial charge in [-0.1, -0.05) is 33.6 Å². The highest BCUT2D eigenvalue weighted by Gasteiger charge is 2.05. The minimum Gasteiger partial charge on any atom is -0.396 e. The molecule has 1 heteroatoms. The van der Waals surface area contributed by atoms with Crippen LogP contribution in [-0.4, -0.2) is 11.7 Å². The average Bonchev–Trinajstić information content (AvgIpc) is 1.88. The first-order valence-corrected chi connectivity index (χ1v) is 4.31. The van der Waals surface area contributed by atoms with Gasteiger partial charge in [0.05, 0.1) is 0 Å². The summed E-state index contributed by atoms with van der Waals surface area (Å²) < 4.78 is 0. The monoisotopic (exact) mass is 144 g/mol. The molecule has 0 rings (SSSR count). The molecule has 0 aliphatic carbocycles. The van der Waals surface area contributed by atoms with Crippen molar-refractivity contribution in [3.05, 3.63) is 0 Å². The fourth-order valence-corrected chi connectivity index (χ4v) is 1.37. The van der Waals surface area contributed by atoms with E-state index in [-0.39, 0.29) is 0 Å². The maximum Gasteiger partial charge on any atom is 0.0456 e. The van der Waals surface area contributed by atoms with Gasteiger partial charge in [-0.25, -0.2) is 0 Å². The average molecular weight is 144 g/mol. The molecule has 0 unspecified atom stereocenters. The molecule has 0 saturated heterocycles. The van der Waals surface area contributed by atoms with Crippen molar-refractivity contribution in [2.24, 2.45) is 11.8 Å². The number of aliphatic hydroxyl groups is 1. The largest absolute Gasteiger partial charge is 0.396 e. The van der Waals surface area contributed by atoms with E-state index in [1.807, 2.05) is 0 Å². The van der Waals surface area contributed by atoms with Gasteiger partial charge >= 0.3 is 0 Å². The highest BCUT2D eigenvalue weighted by Crippen LogP contribution is 2.15. The zero-order chi connectivity index (χ0) is 7.98. The summed E-state index contributed by atoms with van der Waals surface area (Å²) >= 11 is 0. The van der Waals surface area contributed by atoms with Gasteiger partial charge in [-0.3, -0.25) is 0 Å². The molecule has 0 aromatic rings. The van der Waals surface area contributed by atoms with E-state index >= 15 is 0 Å². The third-order valence-corrected chi connectivity index (χ3v) is 1.90. The van der Waals surface area contributed by atoms with Crippen molar-refractivity contribution in [3.63, 3.8) is 0 Å². The van der Waals surface area contributed by atoms with E-state index in [9.17, 15) is 0 Å². The van der Waals surface area contributed by atoms with Crippen LogP contribution in [0.2, 0.25) is 0 Å². The van der Waals surface area contributed by atoms with E-state index in [4.69, 9.17) is 5.11 Å². The molecule has 10 heavy (non-hydrogen) atoms. The molecule has 0 saturated carbocycles. The maximum absolute atomic E-state index is 8.75. The fraction of sp³-hybridized carbons (Fsp3) is 1.00. The first kappa shape index (κ1) is 9.96. The molecule has 0 aromatic heterocycles. The third kappa shape index (κ3) is 4.80. The van der Waals surface area contributed by atoms with Gasteiger partial charge in [-0.2, -0.15) is 0 Å². The van der Waals surface area contributed by atoms with E-state index in [0.717, 1.165) is 5.92 Å². The van der Waals surface area contributed by atoms with Gasteiger partial charge in [-0.15, -0.1) is 0 Å². The molecular weight excluding hydrogens is 124 g/mol. The van der Waals surface area contributed by atoms with Crippen LogP contribution in [0, 0.1) is 11.8 Å². The molecule has 2 atom stereocenters. The Kier molecular flexibility index (Phi) is 5.70. The Balaban J connectivity index is 3.27. The Morgan fingerprint density at radius 2 is 1.80 bits per heavy atom. The lowest BCUT2D eigenvalue weighted by Gasteiger charge is -2.13. The van der Waals surface area contributed by atoms with Crippen LogP contribution in [0.3, 0.4) is 0 Å². The highest BCUT2D eigenvalue weighted by atomic mass is 16.3. The van der Waals surface area contributed by atoms with Crippen LogP contribution in [0.4, 0.5) is 0 Å². The molecule has 0 aliphatic heterocycles. The quantitative estimate of drug-likeness (QED) is 0.628. The number of aliphatic hydroxyl groups excluding tert-OH is 1. The summed E-state index contributed by atoms with van der Waals surface area (Å²) in [6.07, 6.45) is 3.73. The minimum absolute atomic E-state index is 0.341. The van der Waals surface area contributed by atoms with Gasteiger partial charge in [0.15, 0.2) is 0 Å². The molecule has 0 heterocycles. The number of rotatable bonds is 5. The summed E-state index contributed by atoms with van der Waals surface area (Å²) in [5, 5.41) is 8.75. The van der Waals surface area contributed by atoms with Crippen LogP contribution < -0.4 is 0 Å². The van der Waals surface area contributed by atoms with Crippen LogP contribution in [0.15, 0.2) is 0 Å². The van der Waals surface area contributed by atoms with Gasteiger partial charge in [0, 0.05) is 6.61 Å². The van der Waals surface area contributed by atoms with Crippen molar-refractivity contribution in [2.75, 3.05) is 6.61 Å². The number of hydrogen-bond acceptors (Lipinski definition) is 1. The standard InChI is InChI=1S/C9H20O/c1-4-5-8(2)6-9(3)7-10/h8-10H,4-7H2,1-3H3/t8-,9+/m1/s1. The van der Waals surface area contributed by atoms with Crippen molar-refractivity contribution in [2.45, 2.75) is 40.0 Å². The SMILES string of the molecule is CCC[C@@H](C)C[C@H](C)CO. The van der Waals surface area contributed by atoms with Crippen LogP contribution in [0.1, 0.15) is 40.0 Å². The van der Waals surface area contributed by atoms with Gasteiger partial charge in [0.2, 0.25) is 0 Å². The fourth-order valence-electron chi connectivity index (χ4n) is 1.37. The van der Waals surface area contributed by atoms with Crippen molar-refractivity contribution in [3.8, 4) is 0 Å². The summed E-state index contributed by atoms with van der Waals surface area (Å²) in [5.74, 6) is 1.27. The van der Waals surface area contributed by atoms with Crippen molar-refractivity contribution in [1.82, 2.24) is 0 Å². The topological polar surface area (TPSA) is 20.2 Å². The molecule has 0 aromatic carbocycles. The first-order valence-electron chi connectivity index (χ1n) is 4.31. The summed E-state index contributed by atoms with van der Waals surface area (Å²) in [5.41, 5.74) is 0. The van der Waals surface area contributed by atoms with E-state index in [1.54, 1.807) is 0 Å². The second-order valence-corrected chi connectivity index (χ2v) is 3.42. The molecule has 0 amide bonds. The second-order valence-electron chi connectivity index (χ2n) is 3.42. The van der Waals surface area contributed by atoms with Gasteiger partial charge in [0.25, 0.3) is 0 Å². The summed E-state index contributed by atoms with van der Waals surface area (Å²) in [4.78, 5) is 0. The van der Waals surface area contributed by atoms with E-state index in [0.29, 0.717) is 12.5 Å².